The van der Waals surface area contributed by atoms with Gasteiger partial charge in [-0.1, -0.05) is 26.8 Å². The second kappa shape index (κ2) is 13.0. The normalized spacial score (nSPS) is 28.6. The molecular weight excluding hydrogens is 701 g/mol. The van der Waals surface area contributed by atoms with Gasteiger partial charge in [0.25, 0.3) is 5.91 Å². The number of amides is 2. The minimum atomic E-state index is -0.785. The Kier molecular flexibility index (Phi) is 8.55. The number of methoxy groups -OCH3 is 1. The van der Waals surface area contributed by atoms with Crippen LogP contribution in [0.15, 0.2) is 41.9 Å². The van der Waals surface area contributed by atoms with Gasteiger partial charge in [-0.15, -0.1) is 11.3 Å². The Hall–Kier alpha value is -4.13. The van der Waals surface area contributed by atoms with Crippen LogP contribution in [0.2, 0.25) is 0 Å². The summed E-state index contributed by atoms with van der Waals surface area (Å²) in [5.74, 6) is -0.0562. The molecule has 9 rings (SSSR count). The van der Waals surface area contributed by atoms with Gasteiger partial charge in [-0.25, -0.2) is 10.4 Å². The molecule has 4 fully saturated rings. The monoisotopic (exact) mass is 750 g/mol. The maximum atomic E-state index is 14.6. The summed E-state index contributed by atoms with van der Waals surface area (Å²) < 4.78 is 14.4. The van der Waals surface area contributed by atoms with Gasteiger partial charge in [0, 0.05) is 65.1 Å². The zero-order valence-electron chi connectivity index (χ0n) is 32.0. The molecule has 284 valence electrons. The second-order valence-electron chi connectivity index (χ2n) is 17.2. The fourth-order valence-electron chi connectivity index (χ4n) is 9.08. The van der Waals surface area contributed by atoms with Gasteiger partial charge >= 0.3 is 5.97 Å². The standard InChI is InChI=1S/C42H50N6O5S/c1-7-47-32-11-10-24-16-29(32)30(35(47)26-9-8-14-43-33(26)23(3)52-6)18-41(4,5)21-53-39(51)34-28-17-25(28)19-48(46-34)38(50)36(45-37(49)27-15-22(27)2)42(12-13-42)40-44-31(24)20-54-40/h8-11,14,16,20,22-23,25,27-28,34,36,46H,7,12-13,15,17-19,21H2,1-6H3,(H,45,49)/t22-,23?,25+,27-,28+,34-,36+/m0/s1. The van der Waals surface area contributed by atoms with Crippen molar-refractivity contribution in [3.05, 3.63) is 58.2 Å². The van der Waals surface area contributed by atoms with Crippen molar-refractivity contribution in [3.8, 4) is 22.5 Å². The van der Waals surface area contributed by atoms with Crippen molar-refractivity contribution in [1.29, 1.82) is 0 Å². The first-order chi connectivity index (χ1) is 25.9. The van der Waals surface area contributed by atoms with Crippen molar-refractivity contribution in [2.45, 2.75) is 96.9 Å². The number of rotatable bonds is 6. The Morgan fingerprint density at radius 3 is 2.72 bits per heavy atom. The Balaban J connectivity index is 1.20. The molecule has 54 heavy (non-hydrogen) atoms. The molecule has 5 heterocycles. The lowest BCUT2D eigenvalue weighted by atomic mass is 9.84. The lowest BCUT2D eigenvalue weighted by Crippen LogP contribution is -2.63. The molecule has 3 aliphatic carbocycles. The number of thiazole rings is 1. The number of hydrogen-bond acceptors (Lipinski definition) is 9. The number of cyclic esters (lactones) is 1. The van der Waals surface area contributed by atoms with Gasteiger partial charge in [-0.2, -0.15) is 0 Å². The first-order valence-electron chi connectivity index (χ1n) is 19.6. The Labute approximate surface area is 320 Å². The number of hydrogen-bond donors (Lipinski definition) is 2. The van der Waals surface area contributed by atoms with Crippen LogP contribution < -0.4 is 10.7 Å². The van der Waals surface area contributed by atoms with Gasteiger partial charge in [0.1, 0.15) is 17.1 Å². The van der Waals surface area contributed by atoms with Crippen LogP contribution in [0.1, 0.15) is 82.7 Å². The van der Waals surface area contributed by atoms with Gasteiger partial charge in [-0.05, 0) is 93.5 Å². The number of nitrogens with one attached hydrogen (secondary N) is 2. The number of pyridine rings is 1. The number of aromatic nitrogens is 3. The molecule has 2 aliphatic heterocycles. The van der Waals surface area contributed by atoms with Crippen LogP contribution in [0, 0.1) is 29.1 Å². The fraction of sp³-hybridized carbons (Fsp3) is 0.548. The van der Waals surface area contributed by atoms with Crippen molar-refractivity contribution in [2.24, 2.45) is 29.1 Å². The maximum absolute atomic E-state index is 14.6. The topological polar surface area (TPSA) is 128 Å². The molecule has 2 amide bonds. The Morgan fingerprint density at radius 1 is 1.20 bits per heavy atom. The van der Waals surface area contributed by atoms with E-state index in [0.29, 0.717) is 18.9 Å². The van der Waals surface area contributed by atoms with E-state index in [1.807, 2.05) is 19.2 Å². The summed E-state index contributed by atoms with van der Waals surface area (Å²) in [7, 11) is 1.71. The molecule has 2 N–H and O–H groups in total. The van der Waals surface area contributed by atoms with E-state index < -0.39 is 22.9 Å². The van der Waals surface area contributed by atoms with Crippen molar-refractivity contribution in [2.75, 3.05) is 20.3 Å². The second-order valence-corrected chi connectivity index (χ2v) is 18.1. The largest absolute Gasteiger partial charge is 0.464 e. The third kappa shape index (κ3) is 5.96. The SMILES string of the molecule is CCn1c(-c2cccnc2C(C)OC)c2c3cc(ccc31)-c1csc(n1)C1(CC1)[C@H](NC(=O)[C@H]1C[C@@H]1C)C(=O)N1C[C@H]3C[C@H]3[C@H](N1)C(=O)OCC(C)(C)C2. The Bertz CT molecular complexity index is 2170. The Morgan fingerprint density at radius 2 is 2.00 bits per heavy atom. The van der Waals surface area contributed by atoms with Crippen molar-refractivity contribution < 1.29 is 23.9 Å². The lowest BCUT2D eigenvalue weighted by Gasteiger charge is -2.37. The molecule has 6 bridgehead atoms. The van der Waals surface area contributed by atoms with Crippen molar-refractivity contribution >= 4 is 40.0 Å². The molecule has 1 saturated heterocycles. The molecule has 11 nitrogen and oxygen atoms in total. The summed E-state index contributed by atoms with van der Waals surface area (Å²) in [5.41, 5.74) is 9.35. The highest BCUT2D eigenvalue weighted by Gasteiger charge is 2.60. The van der Waals surface area contributed by atoms with Crippen LogP contribution in [-0.4, -0.2) is 69.7 Å². The molecule has 12 heteroatoms. The highest BCUT2D eigenvalue weighted by molar-refractivity contribution is 7.10. The predicted molar refractivity (Wildman–Crippen MR) is 206 cm³/mol. The number of fused-ring (bicyclic) bond motifs is 9. The summed E-state index contributed by atoms with van der Waals surface area (Å²) in [6.45, 7) is 12.0. The lowest BCUT2D eigenvalue weighted by molar-refractivity contribution is -0.156. The summed E-state index contributed by atoms with van der Waals surface area (Å²) in [4.78, 5) is 52.2. The number of nitrogens with zero attached hydrogens (tertiary/aromatic N) is 4. The van der Waals surface area contributed by atoms with Gasteiger partial charge < -0.3 is 19.4 Å². The molecule has 7 atom stereocenters. The summed E-state index contributed by atoms with van der Waals surface area (Å²) >= 11 is 1.56. The van der Waals surface area contributed by atoms with Crippen LogP contribution in [0.5, 0.6) is 0 Å². The van der Waals surface area contributed by atoms with Crippen LogP contribution in [0.3, 0.4) is 0 Å². The molecule has 1 unspecified atom stereocenters. The number of carbonyl (C=O) groups excluding carboxylic acids is 3. The van der Waals surface area contributed by atoms with E-state index in [-0.39, 0.29) is 48.2 Å². The summed E-state index contributed by atoms with van der Waals surface area (Å²) in [5, 5.41) is 8.89. The zero-order valence-corrected chi connectivity index (χ0v) is 32.8. The average molecular weight is 751 g/mol. The number of ether oxygens (including phenoxy) is 2. The van der Waals surface area contributed by atoms with Crippen LogP contribution in [0.4, 0.5) is 0 Å². The molecule has 1 aromatic carbocycles. The fourth-order valence-corrected chi connectivity index (χ4v) is 10.2. The smallest absolute Gasteiger partial charge is 0.325 e. The molecule has 1 spiro atoms. The van der Waals surface area contributed by atoms with E-state index in [2.05, 4.69) is 72.7 Å². The molecular formula is C42H50N6O5S. The molecule has 4 aromatic rings. The van der Waals surface area contributed by atoms with Crippen LogP contribution in [-0.2, 0) is 42.2 Å². The molecule has 3 saturated carbocycles. The number of esters is 1. The van der Waals surface area contributed by atoms with Crippen LogP contribution >= 0.6 is 11.3 Å². The highest BCUT2D eigenvalue weighted by atomic mass is 32.1. The van der Waals surface area contributed by atoms with Crippen molar-refractivity contribution in [3.63, 3.8) is 0 Å². The summed E-state index contributed by atoms with van der Waals surface area (Å²) in [6, 6.07) is 9.26. The van der Waals surface area contributed by atoms with E-state index in [4.69, 9.17) is 19.4 Å². The van der Waals surface area contributed by atoms with E-state index in [1.54, 1.807) is 23.5 Å². The highest BCUT2D eigenvalue weighted by Crippen LogP contribution is 2.54. The van der Waals surface area contributed by atoms with E-state index in [9.17, 15) is 14.4 Å². The first kappa shape index (κ1) is 35.6. The number of carbonyl (C=O) groups is 3. The number of hydrazine groups is 1. The van der Waals surface area contributed by atoms with Gasteiger partial charge in [0.15, 0.2) is 0 Å². The van der Waals surface area contributed by atoms with Crippen molar-refractivity contribution in [1.82, 2.24) is 30.3 Å². The van der Waals surface area contributed by atoms with E-state index in [1.165, 1.54) is 0 Å². The third-order valence-electron chi connectivity index (χ3n) is 12.8. The molecule has 3 aromatic heterocycles. The molecule has 0 radical (unpaired) electrons. The number of benzene rings is 1. The zero-order chi connectivity index (χ0) is 37.7. The third-order valence-corrected chi connectivity index (χ3v) is 13.8. The first-order valence-corrected chi connectivity index (χ1v) is 20.4. The molecule has 5 aliphatic rings. The average Bonchev–Trinajstić information content (AvgIpc) is 4.14. The maximum Gasteiger partial charge on any atom is 0.325 e. The summed E-state index contributed by atoms with van der Waals surface area (Å²) in [6.07, 6.45) is 5.41. The van der Waals surface area contributed by atoms with Gasteiger partial charge in [0.05, 0.1) is 35.2 Å². The quantitative estimate of drug-likeness (QED) is 0.223. The van der Waals surface area contributed by atoms with E-state index in [0.717, 1.165) is 81.9 Å². The number of aryl methyl sites for hydroxylation is 1. The minimum Gasteiger partial charge on any atom is -0.464 e. The van der Waals surface area contributed by atoms with Gasteiger partial charge in [-0.3, -0.25) is 24.4 Å². The van der Waals surface area contributed by atoms with Gasteiger partial charge in [0.2, 0.25) is 5.91 Å². The van der Waals surface area contributed by atoms with E-state index >= 15 is 0 Å². The minimum absolute atomic E-state index is 0.0727. The predicted octanol–water partition coefficient (Wildman–Crippen LogP) is 6.20. The van der Waals surface area contributed by atoms with Crippen LogP contribution in [0.25, 0.3) is 33.4 Å².